The SMILES string of the molecule is COc1cccc([C@@H]2C(C(=O)Nc3ccccc3)=C(C)N=c3s/c(=C\c4cc(Cl)ccc4OC(C)C)c(=O)n32)c1. The number of fused-ring (bicyclic) bond motifs is 1. The van der Waals surface area contributed by atoms with E-state index in [0.717, 1.165) is 5.56 Å². The lowest BCUT2D eigenvalue weighted by Gasteiger charge is -2.25. The van der Waals surface area contributed by atoms with Crippen molar-refractivity contribution in [2.75, 3.05) is 12.4 Å². The molecule has 0 unspecified atom stereocenters. The molecule has 40 heavy (non-hydrogen) atoms. The van der Waals surface area contributed by atoms with Gasteiger partial charge in [-0.1, -0.05) is 53.3 Å². The number of halogens is 1. The highest BCUT2D eigenvalue weighted by Gasteiger charge is 2.32. The zero-order valence-electron chi connectivity index (χ0n) is 22.5. The molecular weight excluding hydrogens is 546 g/mol. The van der Waals surface area contributed by atoms with Crippen LogP contribution in [0, 0.1) is 0 Å². The van der Waals surface area contributed by atoms with Gasteiger partial charge in [0.25, 0.3) is 11.5 Å². The first-order valence-electron chi connectivity index (χ1n) is 12.7. The van der Waals surface area contributed by atoms with Crippen LogP contribution >= 0.6 is 22.9 Å². The molecule has 5 rings (SSSR count). The normalized spacial score (nSPS) is 15.1. The molecule has 9 heteroatoms. The molecule has 0 spiro atoms. The molecule has 0 aliphatic carbocycles. The maximum absolute atomic E-state index is 14.0. The van der Waals surface area contributed by atoms with Crippen LogP contribution in [0.25, 0.3) is 6.08 Å². The van der Waals surface area contributed by atoms with E-state index in [9.17, 15) is 9.59 Å². The minimum Gasteiger partial charge on any atom is -0.497 e. The minimum absolute atomic E-state index is 0.0593. The summed E-state index contributed by atoms with van der Waals surface area (Å²) in [6.07, 6.45) is 1.70. The van der Waals surface area contributed by atoms with Crippen LogP contribution in [0.15, 0.2) is 93.9 Å². The highest BCUT2D eigenvalue weighted by molar-refractivity contribution is 7.07. The van der Waals surface area contributed by atoms with Gasteiger partial charge in [-0.25, -0.2) is 4.99 Å². The number of nitrogens with one attached hydrogen (secondary N) is 1. The maximum atomic E-state index is 14.0. The largest absolute Gasteiger partial charge is 0.497 e. The van der Waals surface area contributed by atoms with Crippen LogP contribution in [0.5, 0.6) is 11.5 Å². The average molecular weight is 574 g/mol. The van der Waals surface area contributed by atoms with Crippen molar-refractivity contribution in [1.82, 2.24) is 4.57 Å². The molecule has 0 saturated heterocycles. The number of para-hydroxylation sites is 1. The Labute approximate surface area is 240 Å². The molecule has 0 radical (unpaired) electrons. The standard InChI is InChI=1S/C31H28ClN3O4S/c1-18(2)39-25-14-13-22(32)15-21(25)17-26-30(37)35-28(20-9-8-12-24(16-20)38-4)27(19(3)33-31(35)40-26)29(36)34-23-10-6-5-7-11-23/h5-18,28H,1-4H3,(H,34,36)/b26-17-/t28-/m1/s1. The quantitative estimate of drug-likeness (QED) is 0.324. The van der Waals surface area contributed by atoms with E-state index >= 15 is 0 Å². The Morgan fingerprint density at radius 3 is 2.60 bits per heavy atom. The topological polar surface area (TPSA) is 81.9 Å². The third-order valence-electron chi connectivity index (χ3n) is 6.33. The molecule has 204 valence electrons. The van der Waals surface area contributed by atoms with Gasteiger partial charge in [-0.3, -0.25) is 14.2 Å². The Morgan fingerprint density at radius 1 is 1.10 bits per heavy atom. The van der Waals surface area contributed by atoms with Crippen molar-refractivity contribution in [2.24, 2.45) is 4.99 Å². The number of rotatable bonds is 7. The van der Waals surface area contributed by atoms with Crippen molar-refractivity contribution in [3.8, 4) is 11.5 Å². The van der Waals surface area contributed by atoms with E-state index in [1.165, 1.54) is 11.3 Å². The molecule has 0 saturated carbocycles. The number of thiazole rings is 1. The maximum Gasteiger partial charge on any atom is 0.271 e. The Morgan fingerprint density at radius 2 is 1.88 bits per heavy atom. The van der Waals surface area contributed by atoms with Crippen molar-refractivity contribution in [3.05, 3.63) is 120 Å². The fraction of sp³-hybridized carbons (Fsp3) is 0.194. The van der Waals surface area contributed by atoms with Crippen molar-refractivity contribution in [2.45, 2.75) is 32.9 Å². The Bertz CT molecular complexity index is 1790. The second kappa shape index (κ2) is 11.5. The summed E-state index contributed by atoms with van der Waals surface area (Å²) >= 11 is 7.55. The van der Waals surface area contributed by atoms with Gasteiger partial charge in [0.05, 0.1) is 35.1 Å². The number of methoxy groups -OCH3 is 1. The van der Waals surface area contributed by atoms with Crippen LogP contribution in [0.4, 0.5) is 5.69 Å². The van der Waals surface area contributed by atoms with Crippen molar-refractivity contribution in [1.29, 1.82) is 0 Å². The Hall–Kier alpha value is -4.14. The van der Waals surface area contributed by atoms with E-state index in [-0.39, 0.29) is 17.6 Å². The predicted molar refractivity (Wildman–Crippen MR) is 159 cm³/mol. The monoisotopic (exact) mass is 573 g/mol. The molecular formula is C31H28ClN3O4S. The third-order valence-corrected chi connectivity index (χ3v) is 7.55. The van der Waals surface area contributed by atoms with E-state index < -0.39 is 6.04 Å². The lowest BCUT2D eigenvalue weighted by Crippen LogP contribution is -2.40. The van der Waals surface area contributed by atoms with Gasteiger partial charge in [-0.2, -0.15) is 0 Å². The van der Waals surface area contributed by atoms with Gasteiger partial charge >= 0.3 is 0 Å². The molecule has 7 nitrogen and oxygen atoms in total. The van der Waals surface area contributed by atoms with Crippen molar-refractivity contribution < 1.29 is 14.3 Å². The van der Waals surface area contributed by atoms with Gasteiger partial charge in [0.1, 0.15) is 11.5 Å². The first-order chi connectivity index (χ1) is 19.2. The number of nitrogens with zero attached hydrogens (tertiary/aromatic N) is 2. The number of anilines is 1. The number of hydrogen-bond donors (Lipinski definition) is 1. The van der Waals surface area contributed by atoms with Crippen LogP contribution in [0.1, 0.15) is 37.9 Å². The van der Waals surface area contributed by atoms with Gasteiger partial charge in [0, 0.05) is 16.3 Å². The summed E-state index contributed by atoms with van der Waals surface area (Å²) in [4.78, 5) is 32.9. The summed E-state index contributed by atoms with van der Waals surface area (Å²) in [5, 5.41) is 3.49. The Balaban J connectivity index is 1.69. The highest BCUT2D eigenvalue weighted by Crippen LogP contribution is 2.32. The van der Waals surface area contributed by atoms with E-state index in [4.69, 9.17) is 26.1 Å². The molecule has 1 aliphatic heterocycles. The summed E-state index contributed by atoms with van der Waals surface area (Å²) in [6, 6.07) is 21.2. The molecule has 0 bridgehead atoms. The zero-order valence-corrected chi connectivity index (χ0v) is 24.0. The predicted octanol–water partition coefficient (Wildman–Crippen LogP) is 5.32. The van der Waals surface area contributed by atoms with Crippen molar-refractivity contribution in [3.63, 3.8) is 0 Å². The van der Waals surface area contributed by atoms with Crippen LogP contribution in [-0.4, -0.2) is 23.7 Å². The van der Waals surface area contributed by atoms with Crippen LogP contribution in [0.3, 0.4) is 0 Å². The molecule has 1 N–H and O–H groups in total. The second-order valence-electron chi connectivity index (χ2n) is 9.53. The molecule has 1 atom stereocenters. The number of hydrogen-bond acceptors (Lipinski definition) is 6. The lowest BCUT2D eigenvalue weighted by molar-refractivity contribution is -0.113. The van der Waals surface area contributed by atoms with E-state index in [1.54, 1.807) is 42.9 Å². The molecule has 4 aromatic rings. The zero-order chi connectivity index (χ0) is 28.4. The van der Waals surface area contributed by atoms with Gasteiger partial charge in [-0.05, 0) is 74.9 Å². The number of allylic oxidation sites excluding steroid dienone is 1. The number of benzene rings is 3. The van der Waals surface area contributed by atoms with Gasteiger partial charge < -0.3 is 14.8 Å². The van der Waals surface area contributed by atoms with E-state index in [2.05, 4.69) is 5.32 Å². The van der Waals surface area contributed by atoms with Gasteiger partial charge in [0.15, 0.2) is 4.80 Å². The first-order valence-corrected chi connectivity index (χ1v) is 13.9. The summed E-state index contributed by atoms with van der Waals surface area (Å²) < 4.78 is 13.4. The second-order valence-corrected chi connectivity index (χ2v) is 11.0. The highest BCUT2D eigenvalue weighted by atomic mass is 35.5. The fourth-order valence-electron chi connectivity index (χ4n) is 4.59. The smallest absolute Gasteiger partial charge is 0.271 e. The first kappa shape index (κ1) is 27.4. The van der Waals surface area contributed by atoms with Crippen LogP contribution in [-0.2, 0) is 4.79 Å². The van der Waals surface area contributed by atoms with Crippen LogP contribution in [0.2, 0.25) is 5.02 Å². The third kappa shape index (κ3) is 5.59. The number of carbonyl (C=O) groups is 1. The number of amides is 1. The van der Waals surface area contributed by atoms with Gasteiger partial charge in [0.2, 0.25) is 0 Å². The molecule has 2 heterocycles. The minimum atomic E-state index is -0.719. The number of carbonyl (C=O) groups excluding carboxylic acids is 1. The number of ether oxygens (including phenoxy) is 2. The number of aromatic nitrogens is 1. The molecule has 1 amide bonds. The Kier molecular flexibility index (Phi) is 7.91. The lowest BCUT2D eigenvalue weighted by atomic mass is 9.95. The summed E-state index contributed by atoms with van der Waals surface area (Å²) in [6.45, 7) is 5.66. The molecule has 3 aromatic carbocycles. The average Bonchev–Trinajstić information content (AvgIpc) is 3.23. The fourth-order valence-corrected chi connectivity index (χ4v) is 5.81. The summed E-state index contributed by atoms with van der Waals surface area (Å²) in [5.74, 6) is 0.900. The van der Waals surface area contributed by atoms with Crippen LogP contribution < -0.4 is 29.7 Å². The summed E-state index contributed by atoms with van der Waals surface area (Å²) in [7, 11) is 1.58. The van der Waals surface area contributed by atoms with Crippen molar-refractivity contribution >= 4 is 40.6 Å². The van der Waals surface area contributed by atoms with Gasteiger partial charge in [-0.15, -0.1) is 0 Å². The molecule has 1 aliphatic rings. The van der Waals surface area contributed by atoms with E-state index in [1.807, 2.05) is 68.4 Å². The summed E-state index contributed by atoms with van der Waals surface area (Å²) in [5.41, 5.74) is 2.69. The van der Waals surface area contributed by atoms with E-state index in [0.29, 0.717) is 48.4 Å². The molecule has 0 fully saturated rings. The molecule has 1 aromatic heterocycles.